The van der Waals surface area contributed by atoms with Crippen molar-refractivity contribution in [3.05, 3.63) is 48.0 Å². The first-order valence-electron chi connectivity index (χ1n) is 8.67. The molecule has 0 fully saturated rings. The minimum Gasteiger partial charge on any atom is -0.493 e. The molecule has 3 rings (SSSR count). The van der Waals surface area contributed by atoms with E-state index in [4.69, 9.17) is 4.74 Å². The third-order valence-electron chi connectivity index (χ3n) is 4.37. The van der Waals surface area contributed by atoms with Crippen LogP contribution in [0.4, 0.5) is 0 Å². The summed E-state index contributed by atoms with van der Waals surface area (Å²) < 4.78 is 7.82. The third kappa shape index (κ3) is 3.78. The van der Waals surface area contributed by atoms with Gasteiger partial charge in [0.25, 0.3) is 0 Å². The zero-order valence-electron chi connectivity index (χ0n) is 14.4. The van der Waals surface area contributed by atoms with Gasteiger partial charge in [-0.1, -0.05) is 32.0 Å². The summed E-state index contributed by atoms with van der Waals surface area (Å²) in [7, 11) is 0. The molecule has 0 aliphatic carbocycles. The fraction of sp³-hybridized carbons (Fsp3) is 0.474. The number of nitrogens with zero attached hydrogens (tertiary/aromatic N) is 2. The Morgan fingerprint density at radius 2 is 2.25 bits per heavy atom. The van der Waals surface area contributed by atoms with Gasteiger partial charge in [0.05, 0.1) is 12.6 Å². The molecule has 1 aromatic heterocycles. The number of aryl methyl sites for hydroxylation is 1. The average Bonchev–Trinajstić information content (AvgIpc) is 2.96. The van der Waals surface area contributed by atoms with Crippen molar-refractivity contribution in [3.63, 3.8) is 0 Å². The number of nitrogens with one attached hydrogen (secondary N) is 1. The summed E-state index contributed by atoms with van der Waals surface area (Å²) in [4.78, 5) is 16.8. The highest BCUT2D eigenvalue weighted by atomic mass is 16.5. The van der Waals surface area contributed by atoms with Gasteiger partial charge >= 0.3 is 0 Å². The molecule has 0 saturated heterocycles. The van der Waals surface area contributed by atoms with Crippen LogP contribution in [0.2, 0.25) is 0 Å². The Morgan fingerprint density at radius 1 is 1.42 bits per heavy atom. The molecular formula is C19H25N3O2. The van der Waals surface area contributed by atoms with Gasteiger partial charge in [-0.05, 0) is 18.9 Å². The van der Waals surface area contributed by atoms with Crippen LogP contribution in [0.25, 0.3) is 0 Å². The van der Waals surface area contributed by atoms with Crippen molar-refractivity contribution < 1.29 is 9.53 Å². The number of fused-ring (bicyclic) bond motifs is 1. The number of para-hydroxylation sites is 1. The Bertz CT molecular complexity index is 693. The summed E-state index contributed by atoms with van der Waals surface area (Å²) in [6.45, 7) is 5.59. The van der Waals surface area contributed by atoms with Crippen molar-refractivity contribution in [1.82, 2.24) is 14.9 Å². The molecule has 1 amide bonds. The van der Waals surface area contributed by atoms with Crippen molar-refractivity contribution in [3.8, 4) is 5.75 Å². The van der Waals surface area contributed by atoms with Crippen LogP contribution in [-0.4, -0.2) is 22.1 Å². The second-order valence-corrected chi connectivity index (χ2v) is 6.53. The third-order valence-corrected chi connectivity index (χ3v) is 4.37. The molecule has 1 aromatic carbocycles. The number of carbonyl (C=O) groups is 1. The first-order valence-corrected chi connectivity index (χ1v) is 8.67. The van der Waals surface area contributed by atoms with Gasteiger partial charge in [-0.15, -0.1) is 0 Å². The van der Waals surface area contributed by atoms with Crippen LogP contribution in [0.5, 0.6) is 5.75 Å². The van der Waals surface area contributed by atoms with Crippen LogP contribution in [0.15, 0.2) is 36.7 Å². The Hall–Kier alpha value is -2.30. The van der Waals surface area contributed by atoms with Crippen LogP contribution in [0, 0.1) is 0 Å². The molecule has 0 unspecified atom stereocenters. The van der Waals surface area contributed by atoms with Gasteiger partial charge in [-0.3, -0.25) is 4.79 Å². The number of ether oxygens (including phenoxy) is 1. The number of hydrogen-bond acceptors (Lipinski definition) is 3. The Kier molecular flexibility index (Phi) is 5.18. The molecule has 1 aliphatic rings. The van der Waals surface area contributed by atoms with E-state index in [9.17, 15) is 4.79 Å². The predicted molar refractivity (Wildman–Crippen MR) is 93.0 cm³/mol. The van der Waals surface area contributed by atoms with E-state index in [1.54, 1.807) is 6.20 Å². The molecule has 5 heteroatoms. The predicted octanol–water partition coefficient (Wildman–Crippen LogP) is 3.43. The van der Waals surface area contributed by atoms with Crippen molar-refractivity contribution in [1.29, 1.82) is 0 Å². The van der Waals surface area contributed by atoms with Gasteiger partial charge in [-0.25, -0.2) is 4.98 Å². The molecule has 1 aliphatic heterocycles. The molecule has 1 N–H and O–H groups in total. The molecule has 0 radical (unpaired) electrons. The number of imidazole rings is 1. The largest absolute Gasteiger partial charge is 0.493 e. The minimum absolute atomic E-state index is 0.0311. The quantitative estimate of drug-likeness (QED) is 0.915. The van der Waals surface area contributed by atoms with Gasteiger partial charge < -0.3 is 14.6 Å². The Balaban J connectivity index is 1.62. The lowest BCUT2D eigenvalue weighted by Gasteiger charge is -2.18. The number of hydrogen-bond donors (Lipinski definition) is 1. The lowest BCUT2D eigenvalue weighted by molar-refractivity contribution is -0.122. The average molecular weight is 327 g/mol. The van der Waals surface area contributed by atoms with E-state index >= 15 is 0 Å². The van der Waals surface area contributed by atoms with E-state index in [2.05, 4.69) is 28.7 Å². The summed E-state index contributed by atoms with van der Waals surface area (Å²) in [6.07, 6.45) is 6.04. The van der Waals surface area contributed by atoms with Crippen molar-refractivity contribution in [2.45, 2.75) is 51.6 Å². The van der Waals surface area contributed by atoms with Gasteiger partial charge in [0, 0.05) is 36.8 Å². The number of carbonyl (C=O) groups excluding carboxylic acids is 1. The van der Waals surface area contributed by atoms with Gasteiger partial charge in [0.2, 0.25) is 5.91 Å². The molecular weight excluding hydrogens is 302 g/mol. The molecule has 0 bridgehead atoms. The summed E-state index contributed by atoms with van der Waals surface area (Å²) in [5, 5.41) is 3.17. The summed E-state index contributed by atoms with van der Waals surface area (Å²) in [5.74, 6) is 2.34. The van der Waals surface area contributed by atoms with Gasteiger partial charge in [0.15, 0.2) is 0 Å². The van der Waals surface area contributed by atoms with Gasteiger partial charge in [0.1, 0.15) is 11.6 Å². The maximum atomic E-state index is 12.4. The standard InChI is InChI=1S/C19H25N3O2/c1-14(2)19-20-10-12-22(19)11-9-18(23)21-16-7-5-13-24-17-8-4-3-6-15(16)17/h3-4,6,8,10,12,14,16H,5,7,9,11,13H2,1-2H3,(H,21,23)/t16-/m1/s1. The monoisotopic (exact) mass is 327 g/mol. The van der Waals surface area contributed by atoms with E-state index in [1.807, 2.05) is 30.5 Å². The number of benzene rings is 1. The number of aromatic nitrogens is 2. The second-order valence-electron chi connectivity index (χ2n) is 6.53. The molecule has 24 heavy (non-hydrogen) atoms. The summed E-state index contributed by atoms with van der Waals surface area (Å²) >= 11 is 0. The van der Waals surface area contributed by atoms with Crippen molar-refractivity contribution in [2.75, 3.05) is 6.61 Å². The molecule has 1 atom stereocenters. The zero-order valence-corrected chi connectivity index (χ0v) is 14.4. The minimum atomic E-state index is 0.0311. The normalized spacial score (nSPS) is 17.0. The summed E-state index contributed by atoms with van der Waals surface area (Å²) in [5.41, 5.74) is 1.08. The fourth-order valence-corrected chi connectivity index (χ4v) is 3.17. The molecule has 0 saturated carbocycles. The van der Waals surface area contributed by atoms with E-state index < -0.39 is 0 Å². The molecule has 2 heterocycles. The van der Waals surface area contributed by atoms with E-state index in [0.717, 1.165) is 30.0 Å². The van der Waals surface area contributed by atoms with Crippen LogP contribution < -0.4 is 10.1 Å². The van der Waals surface area contributed by atoms with E-state index in [1.165, 1.54) is 0 Å². The van der Waals surface area contributed by atoms with E-state index in [-0.39, 0.29) is 11.9 Å². The van der Waals surface area contributed by atoms with E-state index in [0.29, 0.717) is 25.5 Å². The van der Waals surface area contributed by atoms with Crippen LogP contribution in [0.3, 0.4) is 0 Å². The maximum absolute atomic E-state index is 12.4. The lowest BCUT2D eigenvalue weighted by atomic mass is 10.0. The highest BCUT2D eigenvalue weighted by Gasteiger charge is 2.21. The van der Waals surface area contributed by atoms with Crippen LogP contribution in [0.1, 0.15) is 56.5 Å². The second kappa shape index (κ2) is 7.51. The first kappa shape index (κ1) is 16.6. The fourth-order valence-electron chi connectivity index (χ4n) is 3.17. The Labute approximate surface area is 143 Å². The summed E-state index contributed by atoms with van der Waals surface area (Å²) in [6, 6.07) is 8.00. The topological polar surface area (TPSA) is 56.2 Å². The number of amides is 1. The van der Waals surface area contributed by atoms with Crippen molar-refractivity contribution in [2.24, 2.45) is 0 Å². The molecule has 128 valence electrons. The highest BCUT2D eigenvalue weighted by Crippen LogP contribution is 2.31. The lowest BCUT2D eigenvalue weighted by Crippen LogP contribution is -2.29. The van der Waals surface area contributed by atoms with Crippen LogP contribution >= 0.6 is 0 Å². The highest BCUT2D eigenvalue weighted by molar-refractivity contribution is 5.76. The smallest absolute Gasteiger partial charge is 0.222 e. The van der Waals surface area contributed by atoms with Crippen LogP contribution in [-0.2, 0) is 11.3 Å². The first-order chi connectivity index (χ1) is 11.6. The molecule has 2 aromatic rings. The maximum Gasteiger partial charge on any atom is 0.222 e. The molecule has 5 nitrogen and oxygen atoms in total. The Morgan fingerprint density at radius 3 is 3.08 bits per heavy atom. The molecule has 0 spiro atoms. The van der Waals surface area contributed by atoms with Crippen molar-refractivity contribution >= 4 is 5.91 Å². The SMILES string of the molecule is CC(C)c1nccn1CCC(=O)N[C@@H]1CCCOc2ccccc21. The zero-order chi connectivity index (χ0) is 16.9. The number of rotatable bonds is 5. The van der Waals surface area contributed by atoms with Gasteiger partial charge in [-0.2, -0.15) is 0 Å².